The molecule has 3 N–H and O–H groups in total. The van der Waals surface area contributed by atoms with Crippen molar-refractivity contribution in [2.24, 2.45) is 0 Å². The van der Waals surface area contributed by atoms with Crippen LogP contribution in [-0.2, 0) is 6.42 Å². The minimum Gasteiger partial charge on any atom is -0.493 e. The maximum Gasteiger partial charge on any atom is 0.339 e. The number of aromatic carboxylic acids is 1. The smallest absolute Gasteiger partial charge is 0.339 e. The van der Waals surface area contributed by atoms with Crippen molar-refractivity contribution >= 4 is 30.0 Å². The van der Waals surface area contributed by atoms with E-state index >= 15 is 0 Å². The number of aliphatic hydroxyl groups excluding tert-OH is 1. The summed E-state index contributed by atoms with van der Waals surface area (Å²) in [5.41, 5.74) is 4.15. The van der Waals surface area contributed by atoms with Gasteiger partial charge in [-0.25, -0.2) is 4.79 Å². The fraction of sp³-hybridized carbons (Fsp3) is 0.296. The van der Waals surface area contributed by atoms with Crippen LogP contribution in [-0.4, -0.2) is 35.9 Å². The van der Waals surface area contributed by atoms with Gasteiger partial charge in [-0.3, -0.25) is 0 Å². The maximum absolute atomic E-state index is 11.4. The van der Waals surface area contributed by atoms with Crippen LogP contribution in [0.3, 0.4) is 0 Å². The van der Waals surface area contributed by atoms with Gasteiger partial charge >= 0.3 is 5.97 Å². The van der Waals surface area contributed by atoms with Gasteiger partial charge in [0.05, 0.1) is 12.7 Å². The highest BCUT2D eigenvalue weighted by Crippen LogP contribution is 2.28. The van der Waals surface area contributed by atoms with Crippen LogP contribution in [0.15, 0.2) is 66.7 Å². The van der Waals surface area contributed by atoms with E-state index in [2.05, 4.69) is 17.4 Å². The molecule has 0 unspecified atom stereocenters. The minimum absolute atomic E-state index is 0. The Morgan fingerprint density at radius 1 is 1.06 bits per heavy atom. The van der Waals surface area contributed by atoms with Crippen molar-refractivity contribution in [3.8, 4) is 16.9 Å². The lowest BCUT2D eigenvalue weighted by atomic mass is 10.0. The topological polar surface area (TPSA) is 78.8 Å². The van der Waals surface area contributed by atoms with Crippen LogP contribution in [0, 0.1) is 0 Å². The Kier molecular flexibility index (Phi) is 11.4. The molecule has 0 amide bonds. The van der Waals surface area contributed by atoms with E-state index in [1.54, 1.807) is 24.3 Å². The normalized spacial score (nSPS) is 11.5. The van der Waals surface area contributed by atoms with E-state index in [1.807, 2.05) is 37.3 Å². The molecular formula is C27H31Cl2NO4. The van der Waals surface area contributed by atoms with E-state index < -0.39 is 12.1 Å². The van der Waals surface area contributed by atoms with Crippen molar-refractivity contribution in [1.82, 2.24) is 5.32 Å². The molecule has 3 aromatic carbocycles. The molecule has 182 valence electrons. The monoisotopic (exact) mass is 503 g/mol. The minimum atomic E-state index is -0.989. The molecule has 3 aromatic rings. The second kappa shape index (κ2) is 14.0. The average Bonchev–Trinajstić information content (AvgIpc) is 2.82. The first-order valence-corrected chi connectivity index (χ1v) is 11.6. The molecule has 0 bridgehead atoms. The van der Waals surface area contributed by atoms with Crippen LogP contribution in [0.4, 0.5) is 0 Å². The van der Waals surface area contributed by atoms with Gasteiger partial charge in [0.15, 0.2) is 0 Å². The Bertz CT molecular complexity index is 1060. The number of carboxylic acids is 1. The molecule has 0 aliphatic heterocycles. The maximum atomic E-state index is 11.4. The van der Waals surface area contributed by atoms with E-state index in [4.69, 9.17) is 16.3 Å². The molecule has 0 saturated carbocycles. The van der Waals surface area contributed by atoms with E-state index in [1.165, 1.54) is 5.56 Å². The van der Waals surface area contributed by atoms with Crippen molar-refractivity contribution in [2.75, 3.05) is 19.7 Å². The second-order valence-electron chi connectivity index (χ2n) is 7.94. The first-order valence-electron chi connectivity index (χ1n) is 11.2. The van der Waals surface area contributed by atoms with Gasteiger partial charge in [-0.05, 0) is 72.3 Å². The van der Waals surface area contributed by atoms with Gasteiger partial charge < -0.3 is 20.3 Å². The fourth-order valence-corrected chi connectivity index (χ4v) is 3.76. The summed E-state index contributed by atoms with van der Waals surface area (Å²) >= 11 is 5.98. The summed E-state index contributed by atoms with van der Waals surface area (Å²) in [6.45, 7) is 3.75. The molecular weight excluding hydrogens is 473 g/mol. The molecule has 0 aliphatic rings. The number of hydrogen-bond donors (Lipinski definition) is 3. The molecule has 34 heavy (non-hydrogen) atoms. The lowest BCUT2D eigenvalue weighted by Crippen LogP contribution is -2.22. The number of carbonyl (C=O) groups is 1. The Morgan fingerprint density at radius 2 is 1.79 bits per heavy atom. The van der Waals surface area contributed by atoms with Crippen molar-refractivity contribution in [3.05, 3.63) is 88.4 Å². The van der Waals surface area contributed by atoms with E-state index in [-0.39, 0.29) is 18.0 Å². The summed E-state index contributed by atoms with van der Waals surface area (Å²) < 4.78 is 5.65. The van der Waals surface area contributed by atoms with Crippen LogP contribution in [0.1, 0.15) is 47.4 Å². The van der Waals surface area contributed by atoms with Crippen molar-refractivity contribution in [1.29, 1.82) is 0 Å². The van der Waals surface area contributed by atoms with Crippen molar-refractivity contribution < 1.29 is 19.7 Å². The van der Waals surface area contributed by atoms with E-state index in [9.17, 15) is 15.0 Å². The van der Waals surface area contributed by atoms with Crippen LogP contribution < -0.4 is 10.1 Å². The number of rotatable bonds is 12. The third kappa shape index (κ3) is 8.03. The molecule has 5 nitrogen and oxygen atoms in total. The third-order valence-electron chi connectivity index (χ3n) is 5.35. The Morgan fingerprint density at radius 3 is 2.47 bits per heavy atom. The zero-order valence-electron chi connectivity index (χ0n) is 19.2. The largest absolute Gasteiger partial charge is 0.493 e. The number of aryl methyl sites for hydroxylation is 1. The molecule has 0 spiro atoms. The number of aliphatic hydroxyl groups is 1. The summed E-state index contributed by atoms with van der Waals surface area (Å²) in [5, 5.41) is 23.5. The summed E-state index contributed by atoms with van der Waals surface area (Å²) in [5.74, 6) is -0.589. The zero-order chi connectivity index (χ0) is 23.6. The molecule has 0 fully saturated rings. The van der Waals surface area contributed by atoms with Gasteiger partial charge in [0.1, 0.15) is 11.3 Å². The highest BCUT2D eigenvalue weighted by Gasteiger charge is 2.13. The lowest BCUT2D eigenvalue weighted by Gasteiger charge is -2.13. The molecule has 7 heteroatoms. The number of ether oxygens (including phenoxy) is 1. The van der Waals surface area contributed by atoms with Gasteiger partial charge in [0.2, 0.25) is 0 Å². The number of benzene rings is 3. The summed E-state index contributed by atoms with van der Waals surface area (Å²) in [6, 6.07) is 20.8. The highest BCUT2D eigenvalue weighted by molar-refractivity contribution is 6.30. The molecule has 0 aliphatic carbocycles. The molecule has 0 aromatic heterocycles. The first kappa shape index (κ1) is 27.7. The van der Waals surface area contributed by atoms with Crippen LogP contribution in [0.5, 0.6) is 5.75 Å². The lowest BCUT2D eigenvalue weighted by molar-refractivity contribution is 0.0692. The Balaban J connectivity index is 0.00000408. The van der Waals surface area contributed by atoms with Crippen LogP contribution in [0.2, 0.25) is 5.02 Å². The fourth-order valence-electron chi connectivity index (χ4n) is 3.56. The standard InChI is InChI=1S/C27H30ClNO4.ClH/c1-2-15-33-26-17-21(12-13-24(26)27(31)32)20-10-8-19(9-11-20)5-4-14-29-18-25(30)22-6-3-7-23(28)16-22;/h3,6-13,16-17,25,29-30H,2,4-5,14-15,18H2,1H3,(H,31,32);1H/t25-;/m1./s1. The van der Waals surface area contributed by atoms with Gasteiger partial charge in [0, 0.05) is 11.6 Å². The molecule has 0 heterocycles. The molecule has 1 atom stereocenters. The third-order valence-corrected chi connectivity index (χ3v) is 5.59. The summed E-state index contributed by atoms with van der Waals surface area (Å²) in [4.78, 5) is 11.4. The molecule has 0 saturated heterocycles. The summed E-state index contributed by atoms with van der Waals surface area (Å²) in [6.07, 6.45) is 2.10. The number of hydrogen-bond acceptors (Lipinski definition) is 4. The zero-order valence-corrected chi connectivity index (χ0v) is 20.7. The average molecular weight is 504 g/mol. The SMILES string of the molecule is CCCOc1cc(-c2ccc(CCCNC[C@@H](O)c3cccc(Cl)c3)cc2)ccc1C(=O)O.Cl. The van der Waals surface area contributed by atoms with Gasteiger partial charge in [-0.1, -0.05) is 61.0 Å². The molecule has 0 radical (unpaired) electrons. The van der Waals surface area contributed by atoms with E-state index in [0.717, 1.165) is 42.5 Å². The predicted molar refractivity (Wildman–Crippen MR) is 139 cm³/mol. The number of halogens is 2. The van der Waals surface area contributed by atoms with E-state index in [0.29, 0.717) is 23.9 Å². The first-order chi connectivity index (χ1) is 16.0. The quantitative estimate of drug-likeness (QED) is 0.257. The van der Waals surface area contributed by atoms with Crippen LogP contribution >= 0.6 is 24.0 Å². The second-order valence-corrected chi connectivity index (χ2v) is 8.38. The highest BCUT2D eigenvalue weighted by atomic mass is 35.5. The number of nitrogens with one attached hydrogen (secondary N) is 1. The Labute approximate surface area is 212 Å². The summed E-state index contributed by atoms with van der Waals surface area (Å²) in [7, 11) is 0. The molecule has 3 rings (SSSR count). The van der Waals surface area contributed by atoms with Crippen molar-refractivity contribution in [2.45, 2.75) is 32.3 Å². The van der Waals surface area contributed by atoms with Crippen LogP contribution in [0.25, 0.3) is 11.1 Å². The van der Waals surface area contributed by atoms with Crippen molar-refractivity contribution in [3.63, 3.8) is 0 Å². The number of carboxylic acid groups (broad SMARTS) is 1. The van der Waals surface area contributed by atoms with Gasteiger partial charge in [-0.15, -0.1) is 12.4 Å². The Hall–Kier alpha value is -2.57. The van der Waals surface area contributed by atoms with Gasteiger partial charge in [-0.2, -0.15) is 0 Å². The predicted octanol–water partition coefficient (Wildman–Crippen LogP) is 6.17. The van der Waals surface area contributed by atoms with Gasteiger partial charge in [0.25, 0.3) is 0 Å².